The van der Waals surface area contributed by atoms with E-state index in [1.165, 1.54) is 31.4 Å². The minimum Gasteiger partial charge on any atom is -0.472 e. The zero-order valence-corrected chi connectivity index (χ0v) is 9.07. The van der Waals surface area contributed by atoms with Crippen LogP contribution in [0.3, 0.4) is 0 Å². The molecule has 1 aromatic heterocycles. The number of furan rings is 1. The van der Waals surface area contributed by atoms with E-state index in [-0.39, 0.29) is 0 Å². The van der Waals surface area contributed by atoms with Gasteiger partial charge in [-0.25, -0.2) is 0 Å². The molecule has 0 bridgehead atoms. The average Bonchev–Trinajstić information content (AvgIpc) is 2.70. The smallest absolute Gasteiger partial charge is 0.0950 e. The van der Waals surface area contributed by atoms with Gasteiger partial charge < -0.3 is 4.42 Å². The quantitative estimate of drug-likeness (QED) is 0.717. The Kier molecular flexibility index (Phi) is 2.92. The van der Waals surface area contributed by atoms with Gasteiger partial charge in [-0.1, -0.05) is 6.42 Å². The van der Waals surface area contributed by atoms with Crippen molar-refractivity contribution in [2.45, 2.75) is 45.2 Å². The van der Waals surface area contributed by atoms with Crippen molar-refractivity contribution < 1.29 is 4.42 Å². The molecule has 0 amide bonds. The molecule has 2 heterocycles. The summed E-state index contributed by atoms with van der Waals surface area (Å²) in [5, 5.41) is 0. The second kappa shape index (κ2) is 4.18. The van der Waals surface area contributed by atoms with E-state index in [1.54, 1.807) is 6.26 Å². The third kappa shape index (κ3) is 1.85. The Morgan fingerprint density at radius 2 is 2.29 bits per heavy atom. The number of rotatable bonds is 2. The van der Waals surface area contributed by atoms with Gasteiger partial charge in [0.05, 0.1) is 12.5 Å². The first-order chi connectivity index (χ1) is 6.79. The minimum absolute atomic E-state index is 0.586. The minimum atomic E-state index is 0.586. The van der Waals surface area contributed by atoms with E-state index in [1.807, 2.05) is 6.26 Å². The van der Waals surface area contributed by atoms with Gasteiger partial charge in [0.2, 0.25) is 0 Å². The highest BCUT2D eigenvalue weighted by atomic mass is 16.3. The largest absolute Gasteiger partial charge is 0.472 e. The predicted octanol–water partition coefficient (Wildman–Crippen LogP) is 3.22. The number of hydrogen-bond donors (Lipinski definition) is 0. The van der Waals surface area contributed by atoms with E-state index in [4.69, 9.17) is 4.42 Å². The van der Waals surface area contributed by atoms with E-state index in [9.17, 15) is 0 Å². The maximum atomic E-state index is 5.17. The molecule has 1 aliphatic rings. The van der Waals surface area contributed by atoms with Crippen LogP contribution in [-0.2, 0) is 0 Å². The molecule has 1 atom stereocenters. The van der Waals surface area contributed by atoms with E-state index in [2.05, 4.69) is 24.8 Å². The summed E-state index contributed by atoms with van der Waals surface area (Å²) in [7, 11) is 0. The van der Waals surface area contributed by atoms with Crippen LogP contribution < -0.4 is 0 Å². The van der Waals surface area contributed by atoms with E-state index >= 15 is 0 Å². The van der Waals surface area contributed by atoms with Crippen LogP contribution in [-0.4, -0.2) is 17.5 Å². The third-order valence-corrected chi connectivity index (χ3v) is 3.14. The van der Waals surface area contributed by atoms with Crippen molar-refractivity contribution in [3.05, 3.63) is 24.2 Å². The summed E-state index contributed by atoms with van der Waals surface area (Å²) in [5.74, 6) is 0. The summed E-state index contributed by atoms with van der Waals surface area (Å²) in [6.07, 6.45) is 7.64. The molecule has 0 aliphatic carbocycles. The van der Waals surface area contributed by atoms with Crippen molar-refractivity contribution in [3.8, 4) is 0 Å². The lowest BCUT2D eigenvalue weighted by Crippen LogP contribution is -2.38. The number of likely N-dealkylation sites (tertiary alicyclic amines) is 1. The summed E-state index contributed by atoms with van der Waals surface area (Å²) in [6, 6.07) is 3.32. The lowest BCUT2D eigenvalue weighted by molar-refractivity contribution is 0.111. The number of piperidine rings is 1. The van der Waals surface area contributed by atoms with Gasteiger partial charge in [-0.3, -0.25) is 4.90 Å². The zero-order chi connectivity index (χ0) is 9.97. The maximum absolute atomic E-state index is 5.17. The van der Waals surface area contributed by atoms with Crippen LogP contribution in [0, 0.1) is 0 Å². The lowest BCUT2D eigenvalue weighted by atomic mass is 9.96. The van der Waals surface area contributed by atoms with Gasteiger partial charge in [0.15, 0.2) is 0 Å². The second-order valence-corrected chi connectivity index (χ2v) is 4.40. The molecule has 2 nitrogen and oxygen atoms in total. The van der Waals surface area contributed by atoms with Crippen molar-refractivity contribution in [3.63, 3.8) is 0 Å². The molecule has 78 valence electrons. The molecule has 1 saturated heterocycles. The molecule has 0 N–H and O–H groups in total. The number of nitrogens with zero attached hydrogens (tertiary/aromatic N) is 1. The van der Waals surface area contributed by atoms with Gasteiger partial charge in [-0.2, -0.15) is 0 Å². The van der Waals surface area contributed by atoms with Crippen molar-refractivity contribution >= 4 is 0 Å². The van der Waals surface area contributed by atoms with Gasteiger partial charge >= 0.3 is 0 Å². The van der Waals surface area contributed by atoms with Crippen molar-refractivity contribution in [2.75, 3.05) is 6.54 Å². The van der Waals surface area contributed by atoms with Gasteiger partial charge in [0.25, 0.3) is 0 Å². The molecule has 0 saturated carbocycles. The van der Waals surface area contributed by atoms with Crippen molar-refractivity contribution in [1.29, 1.82) is 0 Å². The van der Waals surface area contributed by atoms with Crippen LogP contribution in [0.4, 0.5) is 0 Å². The molecule has 2 heteroatoms. The molecule has 1 aromatic rings. The Bertz CT molecular complexity index is 266. The summed E-state index contributed by atoms with van der Waals surface area (Å²) < 4.78 is 5.17. The summed E-state index contributed by atoms with van der Waals surface area (Å²) in [5.41, 5.74) is 1.35. The molecule has 1 unspecified atom stereocenters. The average molecular weight is 193 g/mol. The topological polar surface area (TPSA) is 16.4 Å². The Hall–Kier alpha value is -0.760. The molecule has 0 radical (unpaired) electrons. The predicted molar refractivity (Wildman–Crippen MR) is 57.1 cm³/mol. The van der Waals surface area contributed by atoms with Crippen molar-refractivity contribution in [1.82, 2.24) is 4.90 Å². The fourth-order valence-electron chi connectivity index (χ4n) is 2.39. The highest BCUT2D eigenvalue weighted by Gasteiger charge is 2.26. The summed E-state index contributed by atoms with van der Waals surface area (Å²) >= 11 is 0. The second-order valence-electron chi connectivity index (χ2n) is 4.40. The lowest BCUT2D eigenvalue weighted by Gasteiger charge is -2.38. The van der Waals surface area contributed by atoms with Crippen LogP contribution in [0.15, 0.2) is 23.0 Å². The highest BCUT2D eigenvalue weighted by molar-refractivity contribution is 5.12. The van der Waals surface area contributed by atoms with Gasteiger partial charge in [0, 0.05) is 17.6 Å². The first-order valence-corrected chi connectivity index (χ1v) is 5.57. The van der Waals surface area contributed by atoms with Gasteiger partial charge in [0.1, 0.15) is 0 Å². The molecular weight excluding hydrogens is 174 g/mol. The molecule has 14 heavy (non-hydrogen) atoms. The molecule has 0 aromatic carbocycles. The highest BCUT2D eigenvalue weighted by Crippen LogP contribution is 2.32. The Labute approximate surface area is 85.9 Å². The maximum Gasteiger partial charge on any atom is 0.0950 e. The van der Waals surface area contributed by atoms with Crippen LogP contribution in [0.5, 0.6) is 0 Å². The molecule has 0 spiro atoms. The van der Waals surface area contributed by atoms with Crippen LogP contribution in [0.25, 0.3) is 0 Å². The van der Waals surface area contributed by atoms with E-state index in [0.717, 1.165) is 0 Å². The fourth-order valence-corrected chi connectivity index (χ4v) is 2.39. The normalized spacial score (nSPS) is 24.4. The molecule has 1 fully saturated rings. The summed E-state index contributed by atoms with van der Waals surface area (Å²) in [6.45, 7) is 5.78. The molecule has 1 aliphatic heterocycles. The van der Waals surface area contributed by atoms with Crippen LogP contribution in [0.2, 0.25) is 0 Å². The standard InChI is InChI=1S/C12H19NO/c1-10(2)13-7-4-3-5-12(13)11-6-8-14-9-11/h6,8-10,12H,3-5,7H2,1-2H3. The summed E-state index contributed by atoms with van der Waals surface area (Å²) in [4.78, 5) is 2.58. The zero-order valence-electron chi connectivity index (χ0n) is 9.07. The Morgan fingerprint density at radius 1 is 1.43 bits per heavy atom. The first-order valence-electron chi connectivity index (χ1n) is 5.57. The Balaban J connectivity index is 2.14. The van der Waals surface area contributed by atoms with Crippen molar-refractivity contribution in [2.24, 2.45) is 0 Å². The SMILES string of the molecule is CC(C)N1CCCCC1c1ccoc1. The van der Waals surface area contributed by atoms with Crippen LogP contribution in [0.1, 0.15) is 44.7 Å². The van der Waals surface area contributed by atoms with E-state index < -0.39 is 0 Å². The fraction of sp³-hybridized carbons (Fsp3) is 0.667. The van der Waals surface area contributed by atoms with Gasteiger partial charge in [-0.05, 0) is 39.3 Å². The van der Waals surface area contributed by atoms with E-state index in [0.29, 0.717) is 12.1 Å². The molecule has 2 rings (SSSR count). The Morgan fingerprint density at radius 3 is 2.93 bits per heavy atom. The monoisotopic (exact) mass is 193 g/mol. The van der Waals surface area contributed by atoms with Gasteiger partial charge in [-0.15, -0.1) is 0 Å². The number of hydrogen-bond acceptors (Lipinski definition) is 2. The van der Waals surface area contributed by atoms with Crippen LogP contribution >= 0.6 is 0 Å². The first kappa shape index (κ1) is 9.78. The third-order valence-electron chi connectivity index (χ3n) is 3.14. The molecular formula is C12H19NO.